The lowest BCUT2D eigenvalue weighted by Gasteiger charge is -2.48. The number of likely N-dealkylation sites (N-methyl/N-ethyl adjacent to an activating group) is 1. The molecule has 0 aromatic carbocycles. The van der Waals surface area contributed by atoms with Crippen LogP contribution in [0.4, 0.5) is 0 Å². The average molecular weight is 306 g/mol. The van der Waals surface area contributed by atoms with E-state index in [-0.39, 0.29) is 5.91 Å². The quantitative estimate of drug-likeness (QED) is 0.821. The molecule has 0 N–H and O–H groups in total. The number of likely N-dealkylation sites (tertiary alicyclic amines) is 1. The zero-order chi connectivity index (χ0) is 15.5. The summed E-state index contributed by atoms with van der Waals surface area (Å²) in [7, 11) is 0. The summed E-state index contributed by atoms with van der Waals surface area (Å²) in [5, 5.41) is 4.31. The van der Waals surface area contributed by atoms with Crippen molar-refractivity contribution in [3.05, 3.63) is 18.0 Å². The van der Waals surface area contributed by atoms with Crippen LogP contribution in [0.5, 0.6) is 0 Å². The van der Waals surface area contributed by atoms with E-state index in [9.17, 15) is 4.79 Å². The highest BCUT2D eigenvalue weighted by molar-refractivity contribution is 5.92. The van der Waals surface area contributed by atoms with Crippen LogP contribution >= 0.6 is 0 Å². The second kappa shape index (κ2) is 6.79. The van der Waals surface area contributed by atoms with Crippen molar-refractivity contribution < 1.29 is 9.53 Å². The van der Waals surface area contributed by atoms with Gasteiger partial charge >= 0.3 is 0 Å². The van der Waals surface area contributed by atoms with Gasteiger partial charge in [-0.3, -0.25) is 14.4 Å². The molecule has 1 amide bonds. The summed E-state index contributed by atoms with van der Waals surface area (Å²) in [6.07, 6.45) is 4.09. The van der Waals surface area contributed by atoms with Gasteiger partial charge in [0.15, 0.2) is 0 Å². The number of ether oxygens (including phenoxy) is 1. The zero-order valence-electron chi connectivity index (χ0n) is 13.6. The predicted octanol–water partition coefficient (Wildman–Crippen LogP) is 1.23. The van der Waals surface area contributed by atoms with E-state index in [4.69, 9.17) is 4.74 Å². The van der Waals surface area contributed by atoms with Gasteiger partial charge in [-0.25, -0.2) is 0 Å². The highest BCUT2D eigenvalue weighted by atomic mass is 16.5. The first-order valence-corrected chi connectivity index (χ1v) is 8.39. The van der Waals surface area contributed by atoms with Gasteiger partial charge in [-0.2, -0.15) is 5.10 Å². The number of aryl methyl sites for hydroxylation is 1. The first-order valence-electron chi connectivity index (χ1n) is 8.39. The average Bonchev–Trinajstić information content (AvgIpc) is 2.99. The van der Waals surface area contributed by atoms with Crippen LogP contribution in [0, 0.1) is 0 Å². The number of rotatable bonds is 5. The predicted molar refractivity (Wildman–Crippen MR) is 83.8 cm³/mol. The van der Waals surface area contributed by atoms with Crippen LogP contribution in [0.1, 0.15) is 37.2 Å². The van der Waals surface area contributed by atoms with Crippen LogP contribution in [0.3, 0.4) is 0 Å². The molecule has 2 aliphatic rings. The van der Waals surface area contributed by atoms with Gasteiger partial charge in [-0.1, -0.05) is 6.92 Å². The minimum Gasteiger partial charge on any atom is -0.381 e. The standard InChI is InChI=1S/C16H26N4O2/c1-3-19-8-5-15(17-19)16(21)18-11-14(12-18)20(4-2)13-6-9-22-10-7-13/h5,8,13-14H,3-4,6-7,9-12H2,1-2H3. The Morgan fingerprint density at radius 2 is 2.05 bits per heavy atom. The molecule has 2 fully saturated rings. The van der Waals surface area contributed by atoms with Gasteiger partial charge < -0.3 is 9.64 Å². The number of carbonyl (C=O) groups is 1. The van der Waals surface area contributed by atoms with Gasteiger partial charge in [-0.15, -0.1) is 0 Å². The molecular weight excluding hydrogens is 280 g/mol. The molecule has 2 aliphatic heterocycles. The summed E-state index contributed by atoms with van der Waals surface area (Å²) in [5.41, 5.74) is 0.564. The lowest BCUT2D eigenvalue weighted by atomic mass is 10.00. The molecule has 0 atom stereocenters. The maximum absolute atomic E-state index is 12.4. The van der Waals surface area contributed by atoms with E-state index >= 15 is 0 Å². The third-order valence-electron chi connectivity index (χ3n) is 4.83. The van der Waals surface area contributed by atoms with Gasteiger partial charge in [0.1, 0.15) is 5.69 Å². The number of aromatic nitrogens is 2. The Morgan fingerprint density at radius 3 is 2.64 bits per heavy atom. The number of nitrogens with zero attached hydrogens (tertiary/aromatic N) is 4. The van der Waals surface area contributed by atoms with Crippen LogP contribution in [0.25, 0.3) is 0 Å². The number of amides is 1. The first kappa shape index (κ1) is 15.5. The number of hydrogen-bond acceptors (Lipinski definition) is 4. The van der Waals surface area contributed by atoms with Gasteiger partial charge in [0.2, 0.25) is 0 Å². The SMILES string of the molecule is CCN(C1CCOCC1)C1CN(C(=O)c2ccn(CC)n2)C1. The topological polar surface area (TPSA) is 50.6 Å². The van der Waals surface area contributed by atoms with E-state index in [0.717, 1.165) is 52.2 Å². The van der Waals surface area contributed by atoms with Crippen molar-refractivity contribution in [1.29, 1.82) is 0 Å². The van der Waals surface area contributed by atoms with E-state index in [2.05, 4.69) is 16.9 Å². The Bertz CT molecular complexity index is 504. The van der Waals surface area contributed by atoms with Crippen molar-refractivity contribution in [2.45, 2.75) is 45.3 Å². The first-order chi connectivity index (χ1) is 10.7. The van der Waals surface area contributed by atoms with Crippen LogP contribution in [0.2, 0.25) is 0 Å². The maximum Gasteiger partial charge on any atom is 0.274 e. The molecule has 3 heterocycles. The van der Waals surface area contributed by atoms with E-state index in [1.54, 1.807) is 4.68 Å². The fourth-order valence-electron chi connectivity index (χ4n) is 3.48. The molecule has 0 spiro atoms. The highest BCUT2D eigenvalue weighted by Gasteiger charge is 2.38. The Balaban J connectivity index is 1.54. The van der Waals surface area contributed by atoms with Gasteiger partial charge in [0.05, 0.1) is 0 Å². The fourth-order valence-corrected chi connectivity index (χ4v) is 3.48. The number of carbonyl (C=O) groups excluding carboxylic acids is 1. The lowest BCUT2D eigenvalue weighted by Crippen LogP contribution is -2.63. The van der Waals surface area contributed by atoms with E-state index in [1.807, 2.05) is 24.1 Å². The van der Waals surface area contributed by atoms with Crippen molar-refractivity contribution in [1.82, 2.24) is 19.6 Å². The summed E-state index contributed by atoms with van der Waals surface area (Å²) in [4.78, 5) is 16.9. The van der Waals surface area contributed by atoms with Crippen molar-refractivity contribution in [3.8, 4) is 0 Å². The van der Waals surface area contributed by atoms with E-state index < -0.39 is 0 Å². The summed E-state index contributed by atoms with van der Waals surface area (Å²) in [5.74, 6) is 0.0616. The normalized spacial score (nSPS) is 20.4. The van der Waals surface area contributed by atoms with Crippen LogP contribution in [-0.2, 0) is 11.3 Å². The van der Waals surface area contributed by atoms with E-state index in [1.165, 1.54) is 0 Å². The summed E-state index contributed by atoms with van der Waals surface area (Å²) in [6, 6.07) is 2.92. The summed E-state index contributed by atoms with van der Waals surface area (Å²) < 4.78 is 7.25. The van der Waals surface area contributed by atoms with Crippen LogP contribution < -0.4 is 0 Å². The summed E-state index contributed by atoms with van der Waals surface area (Å²) in [6.45, 7) is 9.45. The molecule has 22 heavy (non-hydrogen) atoms. The summed E-state index contributed by atoms with van der Waals surface area (Å²) >= 11 is 0. The van der Waals surface area contributed by atoms with Gasteiger partial charge in [0, 0.05) is 51.1 Å². The molecule has 122 valence electrons. The monoisotopic (exact) mass is 306 g/mol. The molecule has 1 aromatic rings. The smallest absolute Gasteiger partial charge is 0.274 e. The molecule has 1 aromatic heterocycles. The van der Waals surface area contributed by atoms with Crippen molar-refractivity contribution >= 4 is 5.91 Å². The molecule has 0 saturated carbocycles. The Kier molecular flexibility index (Phi) is 4.78. The molecular formula is C16H26N4O2. The number of hydrogen-bond donors (Lipinski definition) is 0. The Labute approximate surface area is 132 Å². The van der Waals surface area contributed by atoms with Crippen LogP contribution in [-0.4, -0.2) is 70.4 Å². The van der Waals surface area contributed by atoms with E-state index in [0.29, 0.717) is 17.8 Å². The third-order valence-corrected chi connectivity index (χ3v) is 4.83. The molecule has 0 aliphatic carbocycles. The Morgan fingerprint density at radius 1 is 1.32 bits per heavy atom. The largest absolute Gasteiger partial charge is 0.381 e. The molecule has 0 bridgehead atoms. The Hall–Kier alpha value is -1.40. The van der Waals surface area contributed by atoms with Crippen LogP contribution in [0.15, 0.2) is 12.3 Å². The third kappa shape index (κ3) is 3.03. The zero-order valence-corrected chi connectivity index (χ0v) is 13.6. The van der Waals surface area contributed by atoms with Crippen molar-refractivity contribution in [2.24, 2.45) is 0 Å². The van der Waals surface area contributed by atoms with Crippen molar-refractivity contribution in [3.63, 3.8) is 0 Å². The highest BCUT2D eigenvalue weighted by Crippen LogP contribution is 2.23. The molecule has 2 saturated heterocycles. The van der Waals surface area contributed by atoms with Gasteiger partial charge in [0.25, 0.3) is 5.91 Å². The lowest BCUT2D eigenvalue weighted by molar-refractivity contribution is -0.0223. The minimum absolute atomic E-state index is 0.0616. The van der Waals surface area contributed by atoms with Crippen molar-refractivity contribution in [2.75, 3.05) is 32.8 Å². The molecule has 6 heteroatoms. The second-order valence-electron chi connectivity index (χ2n) is 6.09. The molecule has 0 unspecified atom stereocenters. The molecule has 3 rings (SSSR count). The fraction of sp³-hybridized carbons (Fsp3) is 0.750. The minimum atomic E-state index is 0.0616. The maximum atomic E-state index is 12.4. The second-order valence-corrected chi connectivity index (χ2v) is 6.09. The van der Waals surface area contributed by atoms with Gasteiger partial charge in [-0.05, 0) is 32.4 Å². The molecule has 0 radical (unpaired) electrons. The molecule has 6 nitrogen and oxygen atoms in total.